The number of carbonyl (C=O) groups is 2. The molecule has 116 valence electrons. The summed E-state index contributed by atoms with van der Waals surface area (Å²) in [5.74, 6) is -0.166. The Kier molecular flexibility index (Phi) is 6.82. The number of carbonyl (C=O) groups excluding carboxylic acids is 2. The molecule has 0 amide bonds. The molecule has 1 aliphatic carbocycles. The van der Waals surface area contributed by atoms with Gasteiger partial charge in [0.2, 0.25) is 5.78 Å². The van der Waals surface area contributed by atoms with Crippen LogP contribution in [0.5, 0.6) is 0 Å². The predicted octanol–water partition coefficient (Wildman–Crippen LogP) is 4.05. The minimum absolute atomic E-state index is 0.140. The maximum absolute atomic E-state index is 11.6. The monoisotopic (exact) mass is 306 g/mol. The zero-order chi connectivity index (χ0) is 15.9. The molecule has 4 heteroatoms. The summed E-state index contributed by atoms with van der Waals surface area (Å²) >= 11 is 0. The molecule has 21 heavy (non-hydrogen) atoms. The lowest BCUT2D eigenvalue weighted by atomic mass is 10.0. The van der Waals surface area contributed by atoms with E-state index in [9.17, 15) is 9.59 Å². The van der Waals surface area contributed by atoms with Crippen molar-refractivity contribution in [1.82, 2.24) is 0 Å². The molecule has 0 unspecified atom stereocenters. The molecular weight excluding hydrogens is 280 g/mol. The Balaban J connectivity index is 2.17. The van der Waals surface area contributed by atoms with E-state index in [4.69, 9.17) is 4.74 Å². The average Bonchev–Trinajstić information content (AvgIpc) is 2.37. The Morgan fingerprint density at radius 3 is 2.43 bits per heavy atom. The van der Waals surface area contributed by atoms with E-state index in [1.54, 1.807) is 6.92 Å². The van der Waals surface area contributed by atoms with E-state index in [1.165, 1.54) is 18.2 Å². The third-order valence-electron chi connectivity index (χ3n) is 3.16. The molecule has 0 bridgehead atoms. The molecule has 0 saturated heterocycles. The van der Waals surface area contributed by atoms with Gasteiger partial charge < -0.3 is 4.74 Å². The number of rotatable bonds is 8. The van der Waals surface area contributed by atoms with E-state index in [2.05, 4.69) is 31.8 Å². The molecule has 0 aromatic rings. The first kappa shape index (κ1) is 17.6. The van der Waals surface area contributed by atoms with Gasteiger partial charge in [0, 0.05) is 19.7 Å². The smallest absolute Gasteiger partial charge is 0.220 e. The van der Waals surface area contributed by atoms with Crippen LogP contribution in [-0.2, 0) is 14.3 Å². The number of hydrogen-bond donors (Lipinski definition) is 0. The molecule has 0 heterocycles. The lowest BCUT2D eigenvalue weighted by Gasteiger charge is -2.12. The van der Waals surface area contributed by atoms with Crippen LogP contribution >= 0.6 is 0 Å². The lowest BCUT2D eigenvalue weighted by molar-refractivity contribution is -0.117. The van der Waals surface area contributed by atoms with Crippen molar-refractivity contribution in [3.63, 3.8) is 0 Å². The summed E-state index contributed by atoms with van der Waals surface area (Å²) in [4.78, 5) is 23.1. The van der Waals surface area contributed by atoms with Crippen molar-refractivity contribution in [2.75, 3.05) is 6.61 Å². The molecule has 0 fully saturated rings. The SMILES string of the molecule is CC1=CC(=O)C(OCCCC/C=C/C[Si](C)(C)C)=CC1=O. The average molecular weight is 306 g/mol. The topological polar surface area (TPSA) is 43.4 Å². The first-order valence-corrected chi connectivity index (χ1v) is 11.3. The van der Waals surface area contributed by atoms with E-state index < -0.39 is 8.07 Å². The molecule has 1 aliphatic rings. The van der Waals surface area contributed by atoms with Gasteiger partial charge in [-0.15, -0.1) is 0 Å². The maximum Gasteiger partial charge on any atom is 0.220 e. The third kappa shape index (κ3) is 7.23. The van der Waals surface area contributed by atoms with Crippen LogP contribution in [-0.4, -0.2) is 26.2 Å². The molecule has 1 rings (SSSR count). The third-order valence-corrected chi connectivity index (χ3v) is 4.62. The van der Waals surface area contributed by atoms with Crippen LogP contribution < -0.4 is 0 Å². The minimum Gasteiger partial charge on any atom is -0.489 e. The number of hydrogen-bond acceptors (Lipinski definition) is 3. The molecular formula is C17H26O3Si. The summed E-state index contributed by atoms with van der Waals surface area (Å²) in [5.41, 5.74) is 0.472. The van der Waals surface area contributed by atoms with Gasteiger partial charge in [-0.25, -0.2) is 0 Å². The van der Waals surface area contributed by atoms with Crippen LogP contribution in [0.25, 0.3) is 0 Å². The van der Waals surface area contributed by atoms with Crippen LogP contribution in [0, 0.1) is 0 Å². The zero-order valence-electron chi connectivity index (χ0n) is 13.6. The zero-order valence-corrected chi connectivity index (χ0v) is 14.6. The standard InChI is InChI=1S/C17H26O3Si/c1-14-12-16(19)17(13-15(14)18)20-10-8-6-5-7-9-11-21(2,3)4/h7,9,12-13H,5-6,8,10-11H2,1-4H3/b9-7+. The van der Waals surface area contributed by atoms with Crippen molar-refractivity contribution in [3.8, 4) is 0 Å². The van der Waals surface area contributed by atoms with Gasteiger partial charge in [-0.3, -0.25) is 9.59 Å². The van der Waals surface area contributed by atoms with Gasteiger partial charge >= 0.3 is 0 Å². The van der Waals surface area contributed by atoms with Crippen LogP contribution in [0.2, 0.25) is 25.7 Å². The number of ether oxygens (including phenoxy) is 1. The van der Waals surface area contributed by atoms with Crippen molar-refractivity contribution in [2.24, 2.45) is 0 Å². The Labute approximate surface area is 128 Å². The molecule has 0 spiro atoms. The lowest BCUT2D eigenvalue weighted by Crippen LogP contribution is -2.17. The highest BCUT2D eigenvalue weighted by Crippen LogP contribution is 2.13. The summed E-state index contributed by atoms with van der Waals surface area (Å²) in [7, 11) is -0.969. The van der Waals surface area contributed by atoms with E-state index in [0.717, 1.165) is 19.3 Å². The quantitative estimate of drug-likeness (QED) is 0.294. The van der Waals surface area contributed by atoms with Gasteiger partial charge in [0.05, 0.1) is 6.61 Å². The maximum atomic E-state index is 11.6. The van der Waals surface area contributed by atoms with E-state index in [1.807, 2.05) is 0 Å². The Hall–Kier alpha value is -1.42. The van der Waals surface area contributed by atoms with Crippen LogP contribution in [0.3, 0.4) is 0 Å². The fourth-order valence-corrected chi connectivity index (χ4v) is 2.73. The highest BCUT2D eigenvalue weighted by molar-refractivity contribution is 6.76. The van der Waals surface area contributed by atoms with E-state index >= 15 is 0 Å². The Bertz CT molecular complexity index is 479. The summed E-state index contributed by atoms with van der Waals surface area (Å²) in [5, 5.41) is 0. The largest absolute Gasteiger partial charge is 0.489 e. The summed E-state index contributed by atoms with van der Waals surface area (Å²) in [6.45, 7) is 9.20. The fourth-order valence-electron chi connectivity index (χ4n) is 1.86. The van der Waals surface area contributed by atoms with Gasteiger partial charge in [-0.05, 0) is 38.3 Å². The predicted molar refractivity (Wildman–Crippen MR) is 89.0 cm³/mol. The molecule has 3 nitrogen and oxygen atoms in total. The highest BCUT2D eigenvalue weighted by atomic mass is 28.3. The molecule has 0 radical (unpaired) electrons. The fraction of sp³-hybridized carbons (Fsp3) is 0.529. The van der Waals surface area contributed by atoms with Crippen LogP contribution in [0.4, 0.5) is 0 Å². The van der Waals surface area contributed by atoms with Crippen molar-refractivity contribution in [3.05, 3.63) is 35.6 Å². The summed E-state index contributed by atoms with van der Waals surface area (Å²) in [6.07, 6.45) is 10.1. The van der Waals surface area contributed by atoms with Gasteiger partial charge in [-0.1, -0.05) is 31.8 Å². The second kappa shape index (κ2) is 8.13. The van der Waals surface area contributed by atoms with Gasteiger partial charge in [-0.2, -0.15) is 0 Å². The van der Waals surface area contributed by atoms with Gasteiger partial charge in [0.1, 0.15) is 0 Å². The Morgan fingerprint density at radius 1 is 1.05 bits per heavy atom. The number of allylic oxidation sites excluding steroid dienone is 5. The highest BCUT2D eigenvalue weighted by Gasteiger charge is 2.18. The van der Waals surface area contributed by atoms with Crippen molar-refractivity contribution in [1.29, 1.82) is 0 Å². The number of ketones is 2. The molecule has 0 N–H and O–H groups in total. The molecule has 0 aromatic heterocycles. The first-order valence-electron chi connectivity index (χ1n) is 7.56. The summed E-state index contributed by atoms with van der Waals surface area (Å²) in [6, 6.07) is 1.22. The van der Waals surface area contributed by atoms with Crippen molar-refractivity contribution >= 4 is 19.6 Å². The van der Waals surface area contributed by atoms with Crippen LogP contribution in [0.1, 0.15) is 26.2 Å². The van der Waals surface area contributed by atoms with Crippen molar-refractivity contribution in [2.45, 2.75) is 51.9 Å². The molecule has 0 atom stereocenters. The molecule has 0 aromatic carbocycles. The second-order valence-corrected chi connectivity index (χ2v) is 12.2. The first-order chi connectivity index (χ1) is 9.79. The minimum atomic E-state index is -0.969. The second-order valence-electron chi connectivity index (χ2n) is 6.64. The molecule has 0 aliphatic heterocycles. The van der Waals surface area contributed by atoms with E-state index in [0.29, 0.717) is 12.2 Å². The van der Waals surface area contributed by atoms with Crippen molar-refractivity contribution < 1.29 is 14.3 Å². The molecule has 0 saturated carbocycles. The Morgan fingerprint density at radius 2 is 1.76 bits per heavy atom. The number of unbranched alkanes of at least 4 members (excludes halogenated alkanes) is 2. The van der Waals surface area contributed by atoms with E-state index in [-0.39, 0.29) is 17.3 Å². The van der Waals surface area contributed by atoms with Gasteiger partial charge in [0.25, 0.3) is 0 Å². The van der Waals surface area contributed by atoms with Crippen LogP contribution in [0.15, 0.2) is 35.6 Å². The summed E-state index contributed by atoms with van der Waals surface area (Å²) < 4.78 is 5.40. The normalized spacial score (nSPS) is 16.2. The van der Waals surface area contributed by atoms with Gasteiger partial charge in [0.15, 0.2) is 11.5 Å².